The number of hydrogen-bond donors (Lipinski definition) is 0. The number of hydrogen-bond acceptors (Lipinski definition) is 4. The van der Waals surface area contributed by atoms with Crippen LogP contribution >= 0.6 is 0 Å². The summed E-state index contributed by atoms with van der Waals surface area (Å²) in [5, 5.41) is 0. The molecule has 0 unspecified atom stereocenters. The van der Waals surface area contributed by atoms with Crippen molar-refractivity contribution >= 4 is 0 Å². The van der Waals surface area contributed by atoms with Gasteiger partial charge in [-0.05, 0) is 51.7 Å². The van der Waals surface area contributed by atoms with Gasteiger partial charge in [-0.25, -0.2) is 9.59 Å². The minimum atomic E-state index is -0.432. The molecule has 0 spiro atoms. The summed E-state index contributed by atoms with van der Waals surface area (Å²) in [5.74, 6) is 0.984. The minimum absolute atomic E-state index is 0.432. The SMILES string of the molecule is CCCCc1c(CCCC)c(=O)oc(C)ccc(C)oc1=O. The summed E-state index contributed by atoms with van der Waals surface area (Å²) in [4.78, 5) is 24.8. The highest BCUT2D eigenvalue weighted by atomic mass is 16.4. The second-order valence-corrected chi connectivity index (χ2v) is 5.50. The van der Waals surface area contributed by atoms with Crippen LogP contribution in [0.25, 0.3) is 0 Å². The van der Waals surface area contributed by atoms with Crippen molar-refractivity contribution in [2.24, 2.45) is 0 Å². The van der Waals surface area contributed by atoms with Crippen molar-refractivity contribution < 1.29 is 8.83 Å². The van der Waals surface area contributed by atoms with Gasteiger partial charge in [0.1, 0.15) is 11.5 Å². The van der Waals surface area contributed by atoms with Crippen molar-refractivity contribution in [3.63, 3.8) is 0 Å². The normalized spacial score (nSPS) is 10.4. The first kappa shape index (κ1) is 18.2. The second kappa shape index (κ2) is 9.23. The Balaban J connectivity index is 3.71. The minimum Gasteiger partial charge on any atom is -0.428 e. The molecular formula is C18H26O4. The van der Waals surface area contributed by atoms with E-state index in [9.17, 15) is 9.59 Å². The molecule has 0 fully saturated rings. The van der Waals surface area contributed by atoms with Gasteiger partial charge in [-0.1, -0.05) is 26.7 Å². The molecule has 1 heterocycles. The molecule has 0 saturated heterocycles. The molecule has 0 aromatic carbocycles. The smallest absolute Gasteiger partial charge is 0.339 e. The lowest BCUT2D eigenvalue weighted by Gasteiger charge is -2.03. The van der Waals surface area contributed by atoms with E-state index in [-0.39, 0.29) is 0 Å². The summed E-state index contributed by atoms with van der Waals surface area (Å²) >= 11 is 0. The molecule has 1 aromatic heterocycles. The maximum absolute atomic E-state index is 12.4. The zero-order chi connectivity index (χ0) is 16.5. The van der Waals surface area contributed by atoms with E-state index in [1.54, 1.807) is 26.0 Å². The van der Waals surface area contributed by atoms with Crippen LogP contribution in [-0.4, -0.2) is 0 Å². The molecular weight excluding hydrogens is 280 g/mol. The number of rotatable bonds is 6. The van der Waals surface area contributed by atoms with Crippen molar-refractivity contribution in [3.8, 4) is 0 Å². The summed E-state index contributed by atoms with van der Waals surface area (Å²) in [6.07, 6.45) is 4.65. The van der Waals surface area contributed by atoms with Crippen LogP contribution in [-0.2, 0) is 12.8 Å². The third kappa shape index (κ3) is 5.51. The first-order valence-corrected chi connectivity index (χ1v) is 8.01. The summed E-state index contributed by atoms with van der Waals surface area (Å²) in [6.45, 7) is 7.53. The van der Waals surface area contributed by atoms with E-state index in [1.807, 2.05) is 13.8 Å². The summed E-state index contributed by atoms with van der Waals surface area (Å²) < 4.78 is 10.7. The topological polar surface area (TPSA) is 60.4 Å². The fraction of sp³-hybridized carbons (Fsp3) is 0.556. The molecule has 0 bridgehead atoms. The van der Waals surface area contributed by atoms with Crippen LogP contribution in [0.4, 0.5) is 0 Å². The monoisotopic (exact) mass is 306 g/mol. The first-order chi connectivity index (χ1) is 10.5. The van der Waals surface area contributed by atoms with Gasteiger partial charge < -0.3 is 8.83 Å². The molecule has 0 atom stereocenters. The van der Waals surface area contributed by atoms with E-state index in [1.165, 1.54) is 0 Å². The predicted octanol–water partition coefficient (Wildman–Crippen LogP) is 4.02. The van der Waals surface area contributed by atoms with Crippen LogP contribution in [0.1, 0.15) is 62.2 Å². The van der Waals surface area contributed by atoms with Crippen molar-refractivity contribution in [2.45, 2.75) is 66.2 Å². The van der Waals surface area contributed by atoms with E-state index in [4.69, 9.17) is 8.83 Å². The molecule has 4 nitrogen and oxygen atoms in total. The van der Waals surface area contributed by atoms with E-state index in [0.717, 1.165) is 25.7 Å². The van der Waals surface area contributed by atoms with Gasteiger partial charge >= 0.3 is 11.3 Å². The van der Waals surface area contributed by atoms with E-state index in [0.29, 0.717) is 35.5 Å². The Morgan fingerprint density at radius 3 is 1.45 bits per heavy atom. The molecule has 0 aliphatic rings. The quantitative estimate of drug-likeness (QED) is 0.796. The first-order valence-electron chi connectivity index (χ1n) is 8.01. The Hall–Kier alpha value is -1.84. The highest BCUT2D eigenvalue weighted by Gasteiger charge is 2.11. The van der Waals surface area contributed by atoms with Gasteiger partial charge in [0.25, 0.3) is 0 Å². The molecule has 0 saturated carbocycles. The van der Waals surface area contributed by atoms with Gasteiger partial charge in [-0.2, -0.15) is 0 Å². The Morgan fingerprint density at radius 2 is 1.14 bits per heavy atom. The Bertz CT molecular complexity index is 594. The van der Waals surface area contributed by atoms with Gasteiger partial charge in [-0.15, -0.1) is 0 Å². The summed E-state index contributed by atoms with van der Waals surface area (Å²) in [6, 6.07) is 3.27. The lowest BCUT2D eigenvalue weighted by atomic mass is 10.0. The molecule has 22 heavy (non-hydrogen) atoms. The van der Waals surface area contributed by atoms with Crippen molar-refractivity contribution in [1.29, 1.82) is 0 Å². The maximum atomic E-state index is 12.4. The zero-order valence-electron chi connectivity index (χ0n) is 14.0. The van der Waals surface area contributed by atoms with E-state index >= 15 is 0 Å². The van der Waals surface area contributed by atoms with Crippen molar-refractivity contribution in [3.05, 3.63) is 55.6 Å². The Labute approximate surface area is 131 Å². The Kier molecular flexibility index (Phi) is 7.64. The third-order valence-corrected chi connectivity index (χ3v) is 3.48. The van der Waals surface area contributed by atoms with Crippen LogP contribution in [0.3, 0.4) is 0 Å². The molecule has 4 heteroatoms. The summed E-state index contributed by atoms with van der Waals surface area (Å²) in [7, 11) is 0. The highest BCUT2D eigenvalue weighted by molar-refractivity contribution is 5.20. The van der Waals surface area contributed by atoms with Gasteiger partial charge in [0.2, 0.25) is 0 Å². The van der Waals surface area contributed by atoms with Crippen LogP contribution in [0, 0.1) is 13.8 Å². The van der Waals surface area contributed by atoms with Crippen molar-refractivity contribution in [1.82, 2.24) is 0 Å². The van der Waals surface area contributed by atoms with Crippen LogP contribution in [0.2, 0.25) is 0 Å². The van der Waals surface area contributed by atoms with Crippen molar-refractivity contribution in [2.75, 3.05) is 0 Å². The average molecular weight is 306 g/mol. The molecule has 0 amide bonds. The fourth-order valence-electron chi connectivity index (χ4n) is 2.18. The van der Waals surface area contributed by atoms with Crippen LogP contribution in [0.15, 0.2) is 30.6 Å². The molecule has 0 aliphatic carbocycles. The molecule has 1 aromatic rings. The van der Waals surface area contributed by atoms with Gasteiger partial charge in [-0.3, -0.25) is 0 Å². The van der Waals surface area contributed by atoms with Gasteiger partial charge in [0.15, 0.2) is 0 Å². The molecule has 0 N–H and O–H groups in total. The fourth-order valence-corrected chi connectivity index (χ4v) is 2.18. The molecule has 122 valence electrons. The second-order valence-electron chi connectivity index (χ2n) is 5.50. The molecule has 0 aliphatic heterocycles. The molecule has 1 rings (SSSR count). The lowest BCUT2D eigenvalue weighted by molar-refractivity contribution is 0.456. The Morgan fingerprint density at radius 1 is 0.773 bits per heavy atom. The predicted molar refractivity (Wildman–Crippen MR) is 87.8 cm³/mol. The lowest BCUT2D eigenvalue weighted by Crippen LogP contribution is -2.17. The number of unbranched alkanes of at least 4 members (excludes halogenated alkanes) is 2. The third-order valence-electron chi connectivity index (χ3n) is 3.48. The standard InChI is InChI=1S/C18H26O4/c1-5-7-9-15-16(10-8-6-2)18(20)22-14(4)12-11-13(3)21-17(15)19/h11-12H,5-10H2,1-4H3. The number of aryl methyl sites for hydroxylation is 2. The van der Waals surface area contributed by atoms with Crippen LogP contribution in [0.5, 0.6) is 0 Å². The van der Waals surface area contributed by atoms with Crippen LogP contribution < -0.4 is 11.3 Å². The maximum Gasteiger partial charge on any atom is 0.339 e. The zero-order valence-corrected chi connectivity index (χ0v) is 14.0. The highest BCUT2D eigenvalue weighted by Crippen LogP contribution is 2.08. The van der Waals surface area contributed by atoms with Gasteiger partial charge in [0.05, 0.1) is 0 Å². The van der Waals surface area contributed by atoms with E-state index < -0.39 is 11.3 Å². The van der Waals surface area contributed by atoms with E-state index in [2.05, 4.69) is 0 Å². The van der Waals surface area contributed by atoms with Gasteiger partial charge in [0, 0.05) is 11.1 Å². The molecule has 0 radical (unpaired) electrons. The average Bonchev–Trinajstić information content (AvgIpc) is 2.47. The summed E-state index contributed by atoms with van der Waals surface area (Å²) in [5.41, 5.74) is 0.0573. The largest absolute Gasteiger partial charge is 0.428 e.